The Balaban J connectivity index is 0.00000261. The Morgan fingerprint density at radius 1 is 1.41 bits per heavy atom. The number of hydrogen-bond acceptors (Lipinski definition) is 5. The van der Waals surface area contributed by atoms with Crippen molar-refractivity contribution >= 4 is 40.6 Å². The Kier molecular flexibility index (Phi) is 7.06. The number of carbonyl (C=O) groups excluding carboxylic acids is 2. The molecule has 1 amide bonds. The smallest absolute Gasteiger partial charge is 0.341 e. The first kappa shape index (κ1) is 21.4. The predicted molar refractivity (Wildman–Crippen MR) is 109 cm³/mol. The molecule has 1 N–H and O–H groups in total. The van der Waals surface area contributed by atoms with Crippen LogP contribution in [0.15, 0.2) is 6.07 Å². The monoisotopic (exact) mass is 411 g/mol. The highest BCUT2D eigenvalue weighted by Gasteiger charge is 2.29. The summed E-state index contributed by atoms with van der Waals surface area (Å²) in [6, 6.07) is 1.93. The predicted octanol–water partition coefficient (Wildman–Crippen LogP) is 3.92. The molecule has 2 heterocycles. The Labute approximate surface area is 169 Å². The number of halogens is 1. The van der Waals surface area contributed by atoms with Crippen molar-refractivity contribution in [2.24, 2.45) is 5.92 Å². The highest BCUT2D eigenvalue weighted by Crippen LogP contribution is 2.40. The fraction of sp³-hybridized carbons (Fsp3) is 0.526. The number of ether oxygens (including phenoxy) is 1. The first-order chi connectivity index (χ1) is 12.4. The van der Waals surface area contributed by atoms with E-state index in [0.29, 0.717) is 23.1 Å². The molecule has 6 nitrogen and oxygen atoms in total. The summed E-state index contributed by atoms with van der Waals surface area (Å²) < 4.78 is 6.91. The second-order valence-corrected chi connectivity index (χ2v) is 8.01. The number of aromatic nitrogens is 2. The lowest BCUT2D eigenvalue weighted by Gasteiger charge is -2.18. The van der Waals surface area contributed by atoms with Gasteiger partial charge in [-0.3, -0.25) is 9.48 Å². The van der Waals surface area contributed by atoms with Crippen molar-refractivity contribution in [3.05, 3.63) is 33.5 Å². The van der Waals surface area contributed by atoms with E-state index in [1.807, 2.05) is 19.9 Å². The Bertz CT molecular complexity index is 844. The molecule has 0 radical (unpaired) electrons. The Hall–Kier alpha value is -1.86. The number of hydrogen-bond donors (Lipinski definition) is 1. The zero-order chi connectivity index (χ0) is 18.8. The van der Waals surface area contributed by atoms with E-state index in [4.69, 9.17) is 4.74 Å². The molecule has 0 saturated heterocycles. The number of esters is 1. The van der Waals surface area contributed by atoms with E-state index in [0.717, 1.165) is 36.2 Å². The summed E-state index contributed by atoms with van der Waals surface area (Å²) in [4.78, 5) is 26.2. The van der Waals surface area contributed by atoms with E-state index < -0.39 is 0 Å². The number of aryl methyl sites for hydroxylation is 2. The summed E-state index contributed by atoms with van der Waals surface area (Å²) in [6.07, 6.45) is 2.85. The van der Waals surface area contributed by atoms with Crippen LogP contribution in [0.4, 0.5) is 5.00 Å². The molecule has 1 aliphatic rings. The summed E-state index contributed by atoms with van der Waals surface area (Å²) >= 11 is 1.51. The van der Waals surface area contributed by atoms with Crippen molar-refractivity contribution < 1.29 is 14.3 Å². The van der Waals surface area contributed by atoms with Crippen LogP contribution in [0.1, 0.15) is 52.5 Å². The minimum atomic E-state index is -0.346. The number of nitrogens with one attached hydrogen (secondary N) is 1. The maximum absolute atomic E-state index is 12.5. The maximum Gasteiger partial charge on any atom is 0.341 e. The van der Waals surface area contributed by atoms with Crippen LogP contribution >= 0.6 is 23.7 Å². The Morgan fingerprint density at radius 2 is 2.15 bits per heavy atom. The summed E-state index contributed by atoms with van der Waals surface area (Å²) in [6.45, 7) is 8.27. The SMILES string of the molecule is CCOC(=O)c1c(NC(=O)Cn2nc(C)cc2C)sc2c1CCC(C)C2.Cl. The molecule has 0 saturated carbocycles. The molecular weight excluding hydrogens is 386 g/mol. The van der Waals surface area contributed by atoms with Crippen LogP contribution in [0.25, 0.3) is 0 Å². The average Bonchev–Trinajstić information content (AvgIpc) is 3.06. The molecule has 1 aliphatic carbocycles. The number of amides is 1. The van der Waals surface area contributed by atoms with Gasteiger partial charge < -0.3 is 10.1 Å². The van der Waals surface area contributed by atoms with E-state index in [1.165, 1.54) is 16.2 Å². The highest BCUT2D eigenvalue weighted by atomic mass is 35.5. The van der Waals surface area contributed by atoms with Gasteiger partial charge in [0.05, 0.1) is 17.9 Å². The van der Waals surface area contributed by atoms with Gasteiger partial charge in [0.2, 0.25) is 5.91 Å². The van der Waals surface area contributed by atoms with Crippen molar-refractivity contribution in [1.29, 1.82) is 0 Å². The Morgan fingerprint density at radius 3 is 2.78 bits per heavy atom. The number of rotatable bonds is 5. The van der Waals surface area contributed by atoms with Gasteiger partial charge in [-0.1, -0.05) is 6.92 Å². The van der Waals surface area contributed by atoms with Gasteiger partial charge in [-0.25, -0.2) is 4.79 Å². The lowest BCUT2D eigenvalue weighted by atomic mass is 9.88. The summed E-state index contributed by atoms with van der Waals surface area (Å²) in [5, 5.41) is 7.85. The summed E-state index contributed by atoms with van der Waals surface area (Å²) in [7, 11) is 0. The van der Waals surface area contributed by atoms with Crippen molar-refractivity contribution in [3.8, 4) is 0 Å². The standard InChI is InChI=1S/C19H25N3O3S.ClH/c1-5-25-19(24)17-14-7-6-11(2)8-15(14)26-18(17)20-16(23)10-22-13(4)9-12(3)21-22;/h9,11H,5-8,10H2,1-4H3,(H,20,23);1H. The van der Waals surface area contributed by atoms with Crippen LogP contribution in [0.5, 0.6) is 0 Å². The number of carbonyl (C=O) groups is 2. The van der Waals surface area contributed by atoms with Crippen molar-refractivity contribution in [2.45, 2.75) is 53.5 Å². The maximum atomic E-state index is 12.5. The zero-order valence-corrected chi connectivity index (χ0v) is 17.8. The third-order valence-corrected chi connectivity index (χ3v) is 5.81. The number of fused-ring (bicyclic) bond motifs is 1. The molecular formula is C19H26ClN3O3S. The normalized spacial score (nSPS) is 15.6. The van der Waals surface area contributed by atoms with E-state index in [9.17, 15) is 9.59 Å². The fourth-order valence-electron chi connectivity index (χ4n) is 3.40. The van der Waals surface area contributed by atoms with Crippen LogP contribution in [0, 0.1) is 19.8 Å². The zero-order valence-electron chi connectivity index (χ0n) is 16.1. The molecule has 2 aromatic heterocycles. The van der Waals surface area contributed by atoms with Gasteiger partial charge in [0.15, 0.2) is 0 Å². The highest BCUT2D eigenvalue weighted by molar-refractivity contribution is 7.17. The fourth-order valence-corrected chi connectivity index (χ4v) is 4.81. The van der Waals surface area contributed by atoms with Gasteiger partial charge >= 0.3 is 5.97 Å². The second-order valence-electron chi connectivity index (χ2n) is 6.91. The quantitative estimate of drug-likeness (QED) is 0.756. The molecule has 0 aliphatic heterocycles. The van der Waals surface area contributed by atoms with Crippen LogP contribution in [0.2, 0.25) is 0 Å². The van der Waals surface area contributed by atoms with Gasteiger partial charge in [0.1, 0.15) is 11.5 Å². The molecule has 8 heteroatoms. The van der Waals surface area contributed by atoms with Crippen molar-refractivity contribution in [1.82, 2.24) is 9.78 Å². The van der Waals surface area contributed by atoms with Gasteiger partial charge in [-0.15, -0.1) is 23.7 Å². The number of nitrogens with zero attached hydrogens (tertiary/aromatic N) is 2. The molecule has 1 unspecified atom stereocenters. The van der Waals surface area contributed by atoms with E-state index in [-0.39, 0.29) is 30.8 Å². The van der Waals surface area contributed by atoms with E-state index in [2.05, 4.69) is 17.3 Å². The second kappa shape index (κ2) is 8.89. The minimum absolute atomic E-state index is 0. The third-order valence-electron chi connectivity index (χ3n) is 4.64. The molecule has 2 aromatic rings. The van der Waals surface area contributed by atoms with E-state index in [1.54, 1.807) is 11.6 Å². The van der Waals surface area contributed by atoms with Gasteiger partial charge in [-0.2, -0.15) is 5.10 Å². The third kappa shape index (κ3) is 4.71. The molecule has 148 valence electrons. The topological polar surface area (TPSA) is 73.2 Å². The largest absolute Gasteiger partial charge is 0.462 e. The molecule has 0 aromatic carbocycles. The lowest BCUT2D eigenvalue weighted by molar-refractivity contribution is -0.116. The van der Waals surface area contributed by atoms with Crippen LogP contribution in [0.3, 0.4) is 0 Å². The first-order valence-corrected chi connectivity index (χ1v) is 9.83. The molecule has 0 fully saturated rings. The molecule has 3 rings (SSSR count). The van der Waals surface area contributed by atoms with Gasteiger partial charge in [0, 0.05) is 10.6 Å². The van der Waals surface area contributed by atoms with Crippen molar-refractivity contribution in [2.75, 3.05) is 11.9 Å². The number of thiophene rings is 1. The summed E-state index contributed by atoms with van der Waals surface area (Å²) in [5.74, 6) is 0.0591. The minimum Gasteiger partial charge on any atom is -0.462 e. The molecule has 1 atom stereocenters. The lowest BCUT2D eigenvalue weighted by Crippen LogP contribution is -2.21. The van der Waals surface area contributed by atoms with Crippen LogP contribution < -0.4 is 5.32 Å². The van der Waals surface area contributed by atoms with Crippen LogP contribution in [-0.4, -0.2) is 28.3 Å². The molecule has 0 bridgehead atoms. The van der Waals surface area contributed by atoms with Crippen molar-refractivity contribution in [3.63, 3.8) is 0 Å². The molecule has 0 spiro atoms. The first-order valence-electron chi connectivity index (χ1n) is 9.01. The number of anilines is 1. The average molecular weight is 412 g/mol. The summed E-state index contributed by atoms with van der Waals surface area (Å²) in [5.41, 5.74) is 3.40. The van der Waals surface area contributed by atoms with Gasteiger partial charge in [0.25, 0.3) is 0 Å². The van der Waals surface area contributed by atoms with Gasteiger partial charge in [-0.05, 0) is 57.6 Å². The van der Waals surface area contributed by atoms with E-state index >= 15 is 0 Å². The van der Waals surface area contributed by atoms with Crippen LogP contribution in [-0.2, 0) is 28.9 Å². The molecule has 27 heavy (non-hydrogen) atoms.